The molecule has 0 aliphatic carbocycles. The van der Waals surface area contributed by atoms with Gasteiger partial charge in [0.15, 0.2) is 0 Å². The molecule has 4 heteroatoms. The van der Waals surface area contributed by atoms with E-state index in [1.54, 1.807) is 13.8 Å². The monoisotopic (exact) mass is 185 g/mol. The van der Waals surface area contributed by atoms with Gasteiger partial charge in [-0.15, -0.1) is 0 Å². The molecule has 0 bridgehead atoms. The van der Waals surface area contributed by atoms with Crippen molar-refractivity contribution in [1.82, 2.24) is 0 Å². The summed E-state index contributed by atoms with van der Waals surface area (Å²) in [5.41, 5.74) is 1.21. The van der Waals surface area contributed by atoms with E-state index in [0.717, 1.165) is 0 Å². The summed E-state index contributed by atoms with van der Waals surface area (Å²) >= 11 is -2.22. The van der Waals surface area contributed by atoms with Gasteiger partial charge < -0.3 is 9.66 Å². The fourth-order valence-electron chi connectivity index (χ4n) is 0.962. The van der Waals surface area contributed by atoms with Crippen LogP contribution in [0.3, 0.4) is 0 Å². The molecular weight excluding hydrogens is 176 g/mol. The summed E-state index contributed by atoms with van der Waals surface area (Å²) < 4.78 is 21.2. The van der Waals surface area contributed by atoms with Crippen LogP contribution in [0.1, 0.15) is 11.1 Å². The van der Waals surface area contributed by atoms with Crippen LogP contribution in [0.2, 0.25) is 0 Å². The van der Waals surface area contributed by atoms with Gasteiger partial charge in [0.05, 0.1) is 0 Å². The maximum absolute atomic E-state index is 10.6. The molecule has 1 rings (SSSR count). The van der Waals surface area contributed by atoms with E-state index in [0.29, 0.717) is 11.1 Å². The highest BCUT2D eigenvalue weighted by molar-refractivity contribution is 7.79. The normalized spacial score (nSPS) is 12.9. The average Bonchev–Trinajstić information content (AvgIpc) is 2.00. The van der Waals surface area contributed by atoms with Crippen LogP contribution in [0.25, 0.3) is 0 Å². The summed E-state index contributed by atoms with van der Waals surface area (Å²) in [6.45, 7) is 3.35. The third-order valence-corrected chi connectivity index (χ3v) is 2.69. The minimum Gasteiger partial charge on any atom is -0.768 e. The summed E-state index contributed by atoms with van der Waals surface area (Å²) in [7, 11) is 0. The zero-order valence-electron chi connectivity index (χ0n) is 6.83. The number of hydrogen-bond donors (Lipinski definition) is 1. The topological polar surface area (TPSA) is 60.4 Å². The standard InChI is InChI=1S/C8H10O3S/c1-5-6(2)8(12(10)11)4-3-7(5)9/h3-4,9H,1-2H3,(H,10,11)/p-1. The molecular formula is C8H9O3S-. The molecule has 0 fully saturated rings. The highest BCUT2D eigenvalue weighted by atomic mass is 32.2. The second-order valence-corrected chi connectivity index (χ2v) is 3.48. The van der Waals surface area contributed by atoms with E-state index in [1.807, 2.05) is 0 Å². The third-order valence-electron chi connectivity index (χ3n) is 1.89. The van der Waals surface area contributed by atoms with Crippen LogP contribution >= 0.6 is 0 Å². The molecule has 0 aliphatic rings. The van der Waals surface area contributed by atoms with Gasteiger partial charge in [0.1, 0.15) is 5.75 Å². The van der Waals surface area contributed by atoms with Crippen LogP contribution in [0, 0.1) is 13.8 Å². The molecule has 0 heterocycles. The van der Waals surface area contributed by atoms with Gasteiger partial charge in [0, 0.05) is 4.90 Å². The molecule has 1 atom stereocenters. The number of phenols is 1. The van der Waals surface area contributed by atoms with Crippen molar-refractivity contribution in [1.29, 1.82) is 0 Å². The van der Waals surface area contributed by atoms with Crippen molar-refractivity contribution in [3.63, 3.8) is 0 Å². The Morgan fingerprint density at radius 1 is 1.33 bits per heavy atom. The summed E-state index contributed by atoms with van der Waals surface area (Å²) in [6.07, 6.45) is 0. The smallest absolute Gasteiger partial charge is 0.118 e. The Morgan fingerprint density at radius 2 is 1.92 bits per heavy atom. The zero-order chi connectivity index (χ0) is 9.30. The molecule has 1 unspecified atom stereocenters. The molecule has 3 nitrogen and oxygen atoms in total. The Hall–Kier alpha value is -0.870. The van der Waals surface area contributed by atoms with Crippen molar-refractivity contribution in [2.45, 2.75) is 18.7 Å². The molecule has 0 aliphatic heterocycles. The molecule has 0 amide bonds. The molecule has 0 radical (unpaired) electrons. The summed E-state index contributed by atoms with van der Waals surface area (Å²) in [6, 6.07) is 2.77. The van der Waals surface area contributed by atoms with Gasteiger partial charge in [-0.05, 0) is 48.2 Å². The first kappa shape index (κ1) is 9.22. The average molecular weight is 185 g/mol. The lowest BCUT2D eigenvalue weighted by molar-refractivity contribution is 0.469. The zero-order valence-corrected chi connectivity index (χ0v) is 7.64. The number of phenolic OH excluding ortho intramolecular Hbond substituents is 1. The predicted molar refractivity (Wildman–Crippen MR) is 44.8 cm³/mol. The highest BCUT2D eigenvalue weighted by Crippen LogP contribution is 2.24. The SMILES string of the molecule is Cc1c(O)ccc(S(=O)[O-])c1C. The lowest BCUT2D eigenvalue weighted by atomic mass is 10.1. The molecule has 0 saturated heterocycles. The lowest BCUT2D eigenvalue weighted by Gasteiger charge is -2.11. The number of benzene rings is 1. The number of hydrogen-bond acceptors (Lipinski definition) is 3. The first-order chi connectivity index (χ1) is 5.54. The van der Waals surface area contributed by atoms with Gasteiger partial charge in [0.25, 0.3) is 0 Å². The molecule has 0 saturated carbocycles. The molecule has 1 aromatic rings. The first-order valence-electron chi connectivity index (χ1n) is 3.42. The van der Waals surface area contributed by atoms with Crippen molar-refractivity contribution in [2.75, 3.05) is 0 Å². The first-order valence-corrected chi connectivity index (χ1v) is 4.50. The largest absolute Gasteiger partial charge is 0.768 e. The lowest BCUT2D eigenvalue weighted by Crippen LogP contribution is -1.94. The minimum atomic E-state index is -2.22. The molecule has 66 valence electrons. The molecule has 1 aromatic carbocycles. The second-order valence-electron chi connectivity index (χ2n) is 2.57. The van der Waals surface area contributed by atoms with Gasteiger partial charge in [0.2, 0.25) is 0 Å². The third kappa shape index (κ3) is 1.49. The second kappa shape index (κ2) is 3.25. The van der Waals surface area contributed by atoms with Crippen molar-refractivity contribution in [2.24, 2.45) is 0 Å². The summed E-state index contributed by atoms with van der Waals surface area (Å²) in [5, 5.41) is 9.21. The van der Waals surface area contributed by atoms with Crippen LogP contribution in [0.5, 0.6) is 5.75 Å². The van der Waals surface area contributed by atoms with Crippen molar-refractivity contribution in [3.8, 4) is 5.75 Å². The molecule has 1 N–H and O–H groups in total. The van der Waals surface area contributed by atoms with Crippen molar-refractivity contribution < 1.29 is 13.9 Å². The Morgan fingerprint density at radius 3 is 2.42 bits per heavy atom. The van der Waals surface area contributed by atoms with E-state index in [4.69, 9.17) is 0 Å². The Balaban J connectivity index is 3.36. The number of aromatic hydroxyl groups is 1. The van der Waals surface area contributed by atoms with Gasteiger partial charge in [-0.3, -0.25) is 4.21 Å². The fraction of sp³-hybridized carbons (Fsp3) is 0.250. The highest BCUT2D eigenvalue weighted by Gasteiger charge is 2.04. The Kier molecular flexibility index (Phi) is 2.49. The Labute approximate surface area is 73.3 Å². The quantitative estimate of drug-likeness (QED) is 0.670. The maximum Gasteiger partial charge on any atom is 0.118 e. The van der Waals surface area contributed by atoms with E-state index in [1.165, 1.54) is 12.1 Å². The van der Waals surface area contributed by atoms with Gasteiger partial charge in [-0.1, -0.05) is 0 Å². The van der Waals surface area contributed by atoms with Gasteiger partial charge in [-0.25, -0.2) is 0 Å². The predicted octanol–water partition coefficient (Wildman–Crippen LogP) is 1.25. The van der Waals surface area contributed by atoms with Crippen LogP contribution in [0.4, 0.5) is 0 Å². The summed E-state index contributed by atoms with van der Waals surface area (Å²) in [4.78, 5) is 0.241. The van der Waals surface area contributed by atoms with Crippen LogP contribution < -0.4 is 0 Å². The van der Waals surface area contributed by atoms with E-state index >= 15 is 0 Å². The van der Waals surface area contributed by atoms with E-state index in [9.17, 15) is 13.9 Å². The minimum absolute atomic E-state index is 0.127. The number of rotatable bonds is 1. The summed E-state index contributed by atoms with van der Waals surface area (Å²) in [5.74, 6) is 0.127. The van der Waals surface area contributed by atoms with Crippen LogP contribution in [-0.4, -0.2) is 13.9 Å². The van der Waals surface area contributed by atoms with E-state index in [2.05, 4.69) is 0 Å². The van der Waals surface area contributed by atoms with E-state index < -0.39 is 11.1 Å². The fourth-order valence-corrected chi connectivity index (χ4v) is 1.54. The molecule has 0 aromatic heterocycles. The molecule has 0 spiro atoms. The van der Waals surface area contributed by atoms with Crippen LogP contribution in [0.15, 0.2) is 17.0 Å². The van der Waals surface area contributed by atoms with Gasteiger partial charge in [-0.2, -0.15) is 0 Å². The van der Waals surface area contributed by atoms with E-state index in [-0.39, 0.29) is 10.6 Å². The van der Waals surface area contributed by atoms with Gasteiger partial charge >= 0.3 is 0 Å². The van der Waals surface area contributed by atoms with Crippen molar-refractivity contribution >= 4 is 11.1 Å². The maximum atomic E-state index is 10.6. The Bertz CT molecular complexity index is 333. The van der Waals surface area contributed by atoms with Crippen molar-refractivity contribution in [3.05, 3.63) is 23.3 Å². The van der Waals surface area contributed by atoms with Crippen LogP contribution in [-0.2, 0) is 11.1 Å². The molecule has 12 heavy (non-hydrogen) atoms.